The Labute approximate surface area is 166 Å². The molecular weight excluding hydrogens is 348 g/mol. The largest absolute Gasteiger partial charge is 0.455 e. The maximum atomic E-state index is 13.1. The summed E-state index contributed by atoms with van der Waals surface area (Å²) >= 11 is 0. The van der Waals surface area contributed by atoms with Crippen LogP contribution in [-0.2, 0) is 0 Å². The second-order valence-corrected chi connectivity index (χ2v) is 7.40. The molecule has 4 rings (SSSR count). The third kappa shape index (κ3) is 4.24. The predicted octanol–water partition coefficient (Wildman–Crippen LogP) is 4.43. The van der Waals surface area contributed by atoms with Crippen molar-refractivity contribution in [3.8, 4) is 22.6 Å². The van der Waals surface area contributed by atoms with E-state index in [9.17, 15) is 4.79 Å². The summed E-state index contributed by atoms with van der Waals surface area (Å²) in [4.78, 5) is 17.8. The zero-order valence-electron chi connectivity index (χ0n) is 16.3. The molecule has 2 aromatic carbocycles. The molecule has 28 heavy (non-hydrogen) atoms. The first-order valence-electron chi connectivity index (χ1n) is 9.89. The van der Waals surface area contributed by atoms with Crippen molar-refractivity contribution in [2.45, 2.75) is 6.42 Å². The first-order chi connectivity index (χ1) is 13.7. The van der Waals surface area contributed by atoms with E-state index in [1.165, 1.54) is 0 Å². The van der Waals surface area contributed by atoms with Crippen molar-refractivity contribution >= 4 is 5.78 Å². The molecule has 0 saturated carbocycles. The summed E-state index contributed by atoms with van der Waals surface area (Å²) in [6.07, 6.45) is 0.511. The van der Waals surface area contributed by atoms with Crippen LogP contribution in [0.1, 0.15) is 16.8 Å². The Balaban J connectivity index is 1.57. The van der Waals surface area contributed by atoms with Crippen LogP contribution in [0, 0.1) is 0 Å². The Kier molecular flexibility index (Phi) is 5.70. The van der Waals surface area contributed by atoms with Crippen LogP contribution in [0.25, 0.3) is 22.6 Å². The fourth-order valence-corrected chi connectivity index (χ4v) is 3.61. The lowest BCUT2D eigenvalue weighted by atomic mass is 10.0. The van der Waals surface area contributed by atoms with Gasteiger partial charge in [0, 0.05) is 50.3 Å². The molecule has 1 aliphatic heterocycles. The lowest BCUT2D eigenvalue weighted by Crippen LogP contribution is -2.45. The van der Waals surface area contributed by atoms with Gasteiger partial charge < -0.3 is 14.2 Å². The Morgan fingerprint density at radius 2 is 1.50 bits per heavy atom. The molecule has 0 bridgehead atoms. The first kappa shape index (κ1) is 18.7. The molecule has 1 fully saturated rings. The molecule has 1 saturated heterocycles. The van der Waals surface area contributed by atoms with E-state index in [0.29, 0.717) is 17.7 Å². The molecule has 144 valence electrons. The number of furan rings is 1. The topological polar surface area (TPSA) is 36.7 Å². The fraction of sp³-hybridized carbons (Fsp3) is 0.292. The van der Waals surface area contributed by atoms with Gasteiger partial charge in [-0.3, -0.25) is 4.79 Å². The summed E-state index contributed by atoms with van der Waals surface area (Å²) in [5.41, 5.74) is 2.60. The molecule has 1 aliphatic rings. The Bertz CT molecular complexity index is 910. The van der Waals surface area contributed by atoms with Crippen LogP contribution in [0.5, 0.6) is 0 Å². The molecule has 4 nitrogen and oxygen atoms in total. The van der Waals surface area contributed by atoms with E-state index in [1.807, 2.05) is 66.7 Å². The highest BCUT2D eigenvalue weighted by Gasteiger charge is 2.21. The van der Waals surface area contributed by atoms with Gasteiger partial charge in [0.25, 0.3) is 0 Å². The van der Waals surface area contributed by atoms with Crippen LogP contribution in [0.2, 0.25) is 0 Å². The third-order valence-electron chi connectivity index (χ3n) is 5.38. The number of hydrogen-bond donors (Lipinski definition) is 0. The Hall–Kier alpha value is -2.69. The summed E-state index contributed by atoms with van der Waals surface area (Å²) in [6.45, 7) is 4.97. The first-order valence-corrected chi connectivity index (χ1v) is 9.89. The van der Waals surface area contributed by atoms with E-state index in [2.05, 4.69) is 16.8 Å². The Morgan fingerprint density at radius 1 is 0.893 bits per heavy atom. The van der Waals surface area contributed by atoms with Crippen molar-refractivity contribution in [3.05, 3.63) is 72.3 Å². The maximum Gasteiger partial charge on any atom is 0.168 e. The number of likely N-dealkylation sites (N-methyl/N-ethyl adjacent to an activating group) is 1. The summed E-state index contributed by atoms with van der Waals surface area (Å²) < 4.78 is 6.17. The SMILES string of the molecule is CN1CCN(CCC(=O)c2cc(-c3ccccc3)oc2-c2ccccc2)CC1. The molecule has 4 heteroatoms. The minimum absolute atomic E-state index is 0.142. The van der Waals surface area contributed by atoms with Gasteiger partial charge in [0.2, 0.25) is 0 Å². The van der Waals surface area contributed by atoms with Gasteiger partial charge in [0.05, 0.1) is 5.56 Å². The van der Waals surface area contributed by atoms with E-state index < -0.39 is 0 Å². The molecule has 1 aromatic heterocycles. The molecule has 2 heterocycles. The van der Waals surface area contributed by atoms with Crippen LogP contribution in [0.3, 0.4) is 0 Å². The zero-order valence-corrected chi connectivity index (χ0v) is 16.3. The number of nitrogens with zero attached hydrogens (tertiary/aromatic N) is 2. The third-order valence-corrected chi connectivity index (χ3v) is 5.38. The average Bonchev–Trinajstić information content (AvgIpc) is 3.20. The standard InChI is InChI=1S/C24H26N2O2/c1-25-14-16-26(17-15-25)13-12-22(27)21-18-23(19-8-4-2-5-9-19)28-24(21)20-10-6-3-7-11-20/h2-11,18H,12-17H2,1H3. The molecule has 0 unspecified atom stereocenters. The van der Waals surface area contributed by atoms with Gasteiger partial charge in [-0.1, -0.05) is 60.7 Å². The zero-order chi connectivity index (χ0) is 19.3. The van der Waals surface area contributed by atoms with Crippen molar-refractivity contribution < 1.29 is 9.21 Å². The van der Waals surface area contributed by atoms with Crippen molar-refractivity contribution in [3.63, 3.8) is 0 Å². The number of rotatable bonds is 6. The highest BCUT2D eigenvalue weighted by atomic mass is 16.3. The van der Waals surface area contributed by atoms with E-state index >= 15 is 0 Å². The van der Waals surface area contributed by atoms with Crippen molar-refractivity contribution in [1.29, 1.82) is 0 Å². The number of Topliss-reactive ketones (excluding diaryl/α,β-unsaturated/α-hetero) is 1. The number of carbonyl (C=O) groups is 1. The minimum Gasteiger partial charge on any atom is -0.455 e. The van der Waals surface area contributed by atoms with Gasteiger partial charge in [0.1, 0.15) is 11.5 Å². The lowest BCUT2D eigenvalue weighted by Gasteiger charge is -2.32. The maximum absolute atomic E-state index is 13.1. The number of hydrogen-bond acceptors (Lipinski definition) is 4. The highest BCUT2D eigenvalue weighted by molar-refractivity contribution is 6.02. The predicted molar refractivity (Wildman–Crippen MR) is 112 cm³/mol. The van der Waals surface area contributed by atoms with E-state index in [-0.39, 0.29) is 5.78 Å². The van der Waals surface area contributed by atoms with Crippen LogP contribution in [-0.4, -0.2) is 55.4 Å². The smallest absolute Gasteiger partial charge is 0.168 e. The van der Waals surface area contributed by atoms with E-state index in [0.717, 1.165) is 49.6 Å². The van der Waals surface area contributed by atoms with Gasteiger partial charge in [0.15, 0.2) is 5.78 Å². The van der Waals surface area contributed by atoms with Gasteiger partial charge in [-0.2, -0.15) is 0 Å². The summed E-state index contributed by atoms with van der Waals surface area (Å²) in [5.74, 6) is 1.55. The summed E-state index contributed by atoms with van der Waals surface area (Å²) in [7, 11) is 2.14. The Morgan fingerprint density at radius 3 is 2.14 bits per heavy atom. The van der Waals surface area contributed by atoms with Crippen molar-refractivity contribution in [2.75, 3.05) is 39.8 Å². The highest BCUT2D eigenvalue weighted by Crippen LogP contribution is 2.33. The molecule has 0 aliphatic carbocycles. The lowest BCUT2D eigenvalue weighted by molar-refractivity contribution is 0.0942. The molecule has 0 spiro atoms. The van der Waals surface area contributed by atoms with Gasteiger partial charge in [-0.15, -0.1) is 0 Å². The van der Waals surface area contributed by atoms with E-state index in [4.69, 9.17) is 4.42 Å². The monoisotopic (exact) mass is 374 g/mol. The number of carbonyl (C=O) groups excluding carboxylic acids is 1. The van der Waals surface area contributed by atoms with Crippen LogP contribution in [0.15, 0.2) is 71.1 Å². The second kappa shape index (κ2) is 8.55. The normalized spacial score (nSPS) is 15.6. The molecule has 0 radical (unpaired) electrons. The minimum atomic E-state index is 0.142. The van der Waals surface area contributed by atoms with Crippen molar-refractivity contribution in [1.82, 2.24) is 9.80 Å². The summed E-state index contributed by atoms with van der Waals surface area (Å²) in [5, 5.41) is 0. The molecule has 0 atom stereocenters. The van der Waals surface area contributed by atoms with Crippen LogP contribution < -0.4 is 0 Å². The van der Waals surface area contributed by atoms with Crippen molar-refractivity contribution in [2.24, 2.45) is 0 Å². The van der Waals surface area contributed by atoms with Gasteiger partial charge in [-0.25, -0.2) is 0 Å². The van der Waals surface area contributed by atoms with Crippen LogP contribution >= 0.6 is 0 Å². The average molecular weight is 374 g/mol. The molecule has 0 N–H and O–H groups in total. The molecular formula is C24H26N2O2. The number of benzene rings is 2. The fourth-order valence-electron chi connectivity index (χ4n) is 3.61. The molecule has 3 aromatic rings. The van der Waals surface area contributed by atoms with E-state index in [1.54, 1.807) is 0 Å². The number of piperazine rings is 1. The summed E-state index contributed by atoms with van der Waals surface area (Å²) in [6, 6.07) is 21.8. The van der Waals surface area contributed by atoms with Gasteiger partial charge >= 0.3 is 0 Å². The quantitative estimate of drug-likeness (QED) is 0.598. The van der Waals surface area contributed by atoms with Crippen LogP contribution in [0.4, 0.5) is 0 Å². The second-order valence-electron chi connectivity index (χ2n) is 7.40. The number of ketones is 1. The molecule has 0 amide bonds. The van der Waals surface area contributed by atoms with Gasteiger partial charge in [-0.05, 0) is 13.1 Å².